The Kier molecular flexibility index (Phi) is 4.23. The van der Waals surface area contributed by atoms with Gasteiger partial charge in [0.05, 0.1) is 0 Å². The van der Waals surface area contributed by atoms with E-state index in [4.69, 9.17) is 0 Å². The Hall–Kier alpha value is -1.02. The summed E-state index contributed by atoms with van der Waals surface area (Å²) < 4.78 is 0. The zero-order chi connectivity index (χ0) is 11.2. The van der Waals surface area contributed by atoms with Crippen molar-refractivity contribution in [2.75, 3.05) is 31.1 Å². The largest absolute Gasteiger partial charge is 0.372 e. The van der Waals surface area contributed by atoms with E-state index >= 15 is 0 Å². The van der Waals surface area contributed by atoms with E-state index in [1.54, 1.807) is 0 Å². The van der Waals surface area contributed by atoms with E-state index in [1.165, 1.54) is 38.2 Å². The first-order valence-electron chi connectivity index (χ1n) is 6.41. The molecular formula is C14H22N2. The van der Waals surface area contributed by atoms with Gasteiger partial charge in [0.2, 0.25) is 0 Å². The third kappa shape index (κ3) is 2.99. The van der Waals surface area contributed by atoms with Gasteiger partial charge in [-0.2, -0.15) is 0 Å². The summed E-state index contributed by atoms with van der Waals surface area (Å²) in [5.41, 5.74) is 1.36. The lowest BCUT2D eigenvalue weighted by Crippen LogP contribution is -2.26. The van der Waals surface area contributed by atoms with Gasteiger partial charge in [-0.25, -0.2) is 0 Å². The molecule has 16 heavy (non-hydrogen) atoms. The first kappa shape index (κ1) is 11.5. The minimum atomic E-state index is 0.887. The normalized spacial score (nSPS) is 19.9. The molecule has 1 aliphatic rings. The summed E-state index contributed by atoms with van der Waals surface area (Å²) in [7, 11) is 0. The molecule has 0 bridgehead atoms. The zero-order valence-corrected chi connectivity index (χ0v) is 10.2. The summed E-state index contributed by atoms with van der Waals surface area (Å²) in [6.07, 6.45) is 2.67. The predicted octanol–water partition coefficient (Wildman–Crippen LogP) is 2.51. The minimum absolute atomic E-state index is 0.887. The number of nitrogens with zero attached hydrogens (tertiary/aromatic N) is 1. The predicted molar refractivity (Wildman–Crippen MR) is 69.9 cm³/mol. The van der Waals surface area contributed by atoms with Crippen LogP contribution in [0.5, 0.6) is 0 Å². The Balaban J connectivity index is 1.85. The van der Waals surface area contributed by atoms with Gasteiger partial charge in [0.1, 0.15) is 0 Å². The smallest absolute Gasteiger partial charge is 0.0366 e. The summed E-state index contributed by atoms with van der Waals surface area (Å²) in [6.45, 7) is 6.95. The summed E-state index contributed by atoms with van der Waals surface area (Å²) in [5, 5.41) is 3.44. The van der Waals surface area contributed by atoms with Gasteiger partial charge < -0.3 is 10.2 Å². The highest BCUT2D eigenvalue weighted by molar-refractivity contribution is 5.45. The number of anilines is 1. The molecule has 1 aromatic rings. The molecule has 1 unspecified atom stereocenters. The lowest BCUT2D eigenvalue weighted by atomic mass is 10.0. The fraction of sp³-hybridized carbons (Fsp3) is 0.571. The third-order valence-corrected chi connectivity index (χ3v) is 3.47. The first-order chi connectivity index (χ1) is 7.90. The topological polar surface area (TPSA) is 15.3 Å². The average molecular weight is 218 g/mol. The Morgan fingerprint density at radius 2 is 2.12 bits per heavy atom. The van der Waals surface area contributed by atoms with Crippen molar-refractivity contribution in [2.45, 2.75) is 19.8 Å². The highest BCUT2D eigenvalue weighted by Gasteiger charge is 2.15. The maximum Gasteiger partial charge on any atom is 0.0366 e. The van der Waals surface area contributed by atoms with E-state index in [9.17, 15) is 0 Å². The number of nitrogens with one attached hydrogen (secondary N) is 1. The molecular weight excluding hydrogens is 196 g/mol. The summed E-state index contributed by atoms with van der Waals surface area (Å²) in [5.74, 6) is 0.887. The maximum atomic E-state index is 3.44. The lowest BCUT2D eigenvalue weighted by molar-refractivity contribution is 0.528. The van der Waals surface area contributed by atoms with Gasteiger partial charge in [-0.1, -0.05) is 18.2 Å². The zero-order valence-electron chi connectivity index (χ0n) is 10.2. The van der Waals surface area contributed by atoms with Crippen molar-refractivity contribution in [2.24, 2.45) is 5.92 Å². The molecule has 2 rings (SSSR count). The lowest BCUT2D eigenvalue weighted by Gasteiger charge is -2.24. The van der Waals surface area contributed by atoms with Gasteiger partial charge in [-0.15, -0.1) is 0 Å². The molecule has 0 saturated carbocycles. The second-order valence-electron chi connectivity index (χ2n) is 4.56. The summed E-state index contributed by atoms with van der Waals surface area (Å²) >= 11 is 0. The van der Waals surface area contributed by atoms with Crippen LogP contribution < -0.4 is 10.2 Å². The molecule has 0 aromatic heterocycles. The summed E-state index contributed by atoms with van der Waals surface area (Å²) in [6, 6.07) is 10.7. The third-order valence-electron chi connectivity index (χ3n) is 3.47. The van der Waals surface area contributed by atoms with E-state index in [-0.39, 0.29) is 0 Å². The average Bonchev–Trinajstić information content (AvgIpc) is 2.84. The fourth-order valence-electron chi connectivity index (χ4n) is 2.41. The molecule has 1 atom stereocenters. The minimum Gasteiger partial charge on any atom is -0.372 e. The van der Waals surface area contributed by atoms with Gasteiger partial charge >= 0.3 is 0 Å². The van der Waals surface area contributed by atoms with Crippen molar-refractivity contribution >= 4 is 5.69 Å². The highest BCUT2D eigenvalue weighted by Crippen LogP contribution is 2.17. The van der Waals surface area contributed by atoms with E-state index in [1.807, 2.05) is 0 Å². The van der Waals surface area contributed by atoms with Crippen LogP contribution in [0.1, 0.15) is 19.8 Å². The molecule has 0 spiro atoms. The molecule has 0 amide bonds. The van der Waals surface area contributed by atoms with Crippen LogP contribution in [0.4, 0.5) is 5.69 Å². The number of benzene rings is 1. The Morgan fingerprint density at radius 3 is 2.75 bits per heavy atom. The molecule has 1 fully saturated rings. The molecule has 88 valence electrons. The van der Waals surface area contributed by atoms with Crippen molar-refractivity contribution in [1.29, 1.82) is 0 Å². The number of para-hydroxylation sites is 1. The number of hydrogen-bond donors (Lipinski definition) is 1. The van der Waals surface area contributed by atoms with Crippen molar-refractivity contribution < 1.29 is 0 Å². The van der Waals surface area contributed by atoms with Crippen LogP contribution in [0.3, 0.4) is 0 Å². The second-order valence-corrected chi connectivity index (χ2v) is 4.56. The van der Waals surface area contributed by atoms with Crippen molar-refractivity contribution in [3.63, 3.8) is 0 Å². The van der Waals surface area contributed by atoms with Crippen LogP contribution in [-0.2, 0) is 0 Å². The molecule has 1 saturated heterocycles. The van der Waals surface area contributed by atoms with E-state index in [0.717, 1.165) is 12.5 Å². The van der Waals surface area contributed by atoms with Crippen molar-refractivity contribution in [3.05, 3.63) is 30.3 Å². The van der Waals surface area contributed by atoms with Gasteiger partial charge in [-0.3, -0.25) is 0 Å². The van der Waals surface area contributed by atoms with Gasteiger partial charge in [0.15, 0.2) is 0 Å². The second kappa shape index (κ2) is 5.90. The Morgan fingerprint density at radius 1 is 1.31 bits per heavy atom. The molecule has 1 heterocycles. The van der Waals surface area contributed by atoms with E-state index < -0.39 is 0 Å². The number of hydrogen-bond acceptors (Lipinski definition) is 2. The monoisotopic (exact) mass is 218 g/mol. The van der Waals surface area contributed by atoms with E-state index in [0.29, 0.717) is 0 Å². The van der Waals surface area contributed by atoms with Crippen LogP contribution in [0.25, 0.3) is 0 Å². The van der Waals surface area contributed by atoms with Crippen molar-refractivity contribution in [3.8, 4) is 0 Å². The molecule has 1 aromatic carbocycles. The van der Waals surface area contributed by atoms with Gasteiger partial charge in [0.25, 0.3) is 0 Å². The Labute approximate surface area is 98.7 Å². The standard InChI is InChI=1S/C14H22N2/c1-2-16(14-6-4-3-5-7-14)11-9-13-8-10-15-12-13/h3-7,13,15H,2,8-12H2,1H3. The molecule has 2 nitrogen and oxygen atoms in total. The molecule has 1 N–H and O–H groups in total. The molecule has 1 aliphatic heterocycles. The molecule has 0 aliphatic carbocycles. The van der Waals surface area contributed by atoms with Crippen LogP contribution in [-0.4, -0.2) is 26.2 Å². The maximum absolute atomic E-state index is 3.44. The van der Waals surface area contributed by atoms with Gasteiger partial charge in [-0.05, 0) is 50.9 Å². The first-order valence-corrected chi connectivity index (χ1v) is 6.41. The van der Waals surface area contributed by atoms with Crippen LogP contribution in [0.15, 0.2) is 30.3 Å². The highest BCUT2D eigenvalue weighted by atomic mass is 15.1. The number of rotatable bonds is 5. The molecule has 2 heteroatoms. The van der Waals surface area contributed by atoms with Crippen LogP contribution in [0, 0.1) is 5.92 Å². The Bertz CT molecular complexity index is 291. The van der Waals surface area contributed by atoms with Crippen LogP contribution in [0.2, 0.25) is 0 Å². The summed E-state index contributed by atoms with van der Waals surface area (Å²) in [4.78, 5) is 2.47. The van der Waals surface area contributed by atoms with E-state index in [2.05, 4.69) is 47.5 Å². The quantitative estimate of drug-likeness (QED) is 0.817. The van der Waals surface area contributed by atoms with Crippen molar-refractivity contribution in [1.82, 2.24) is 5.32 Å². The van der Waals surface area contributed by atoms with Crippen LogP contribution >= 0.6 is 0 Å². The SMILES string of the molecule is CCN(CCC1CCNC1)c1ccccc1. The van der Waals surface area contributed by atoms with Gasteiger partial charge in [0, 0.05) is 18.8 Å². The molecule has 0 radical (unpaired) electrons. The fourth-order valence-corrected chi connectivity index (χ4v) is 2.41.